The second kappa shape index (κ2) is 8.89. The van der Waals surface area contributed by atoms with Gasteiger partial charge in [0.25, 0.3) is 5.91 Å². The molecule has 1 aromatic carbocycles. The lowest BCUT2D eigenvalue weighted by Crippen LogP contribution is -2.46. The maximum absolute atomic E-state index is 12.7. The number of rotatable bonds is 4. The average molecular weight is 340 g/mol. The average Bonchev–Trinajstić information content (AvgIpc) is 2.54. The van der Waals surface area contributed by atoms with E-state index in [4.69, 9.17) is 5.73 Å². The van der Waals surface area contributed by atoms with Crippen molar-refractivity contribution in [2.45, 2.75) is 26.7 Å². The number of hydrogen-bond donors (Lipinski definition) is 2. The number of nitrogens with one attached hydrogen (secondary N) is 1. The minimum Gasteiger partial charge on any atom is -0.355 e. The van der Waals surface area contributed by atoms with Crippen LogP contribution in [0.2, 0.25) is 0 Å². The molecule has 23 heavy (non-hydrogen) atoms. The van der Waals surface area contributed by atoms with Crippen molar-refractivity contribution in [2.75, 3.05) is 26.2 Å². The number of hydrogen-bond acceptors (Lipinski definition) is 3. The topological polar surface area (TPSA) is 75.4 Å². The molecule has 2 amide bonds. The number of carbonyl (C=O) groups is 2. The van der Waals surface area contributed by atoms with Gasteiger partial charge in [-0.15, -0.1) is 12.4 Å². The highest BCUT2D eigenvalue weighted by atomic mass is 35.5. The fourth-order valence-corrected chi connectivity index (χ4v) is 2.87. The van der Waals surface area contributed by atoms with Gasteiger partial charge in [0.05, 0.1) is 5.92 Å². The highest BCUT2D eigenvalue weighted by molar-refractivity contribution is 5.96. The van der Waals surface area contributed by atoms with Gasteiger partial charge in [0.15, 0.2) is 0 Å². The molecule has 1 saturated heterocycles. The highest BCUT2D eigenvalue weighted by Gasteiger charge is 2.29. The smallest absolute Gasteiger partial charge is 0.254 e. The van der Waals surface area contributed by atoms with Crippen LogP contribution in [0.5, 0.6) is 0 Å². The minimum absolute atomic E-state index is 0. The maximum atomic E-state index is 12.7. The SMILES string of the molecule is Cc1cccc(C(=O)N2CCCC(C(=O)NCCN)C2)c1C.Cl. The molecular formula is C17H26ClN3O2. The van der Waals surface area contributed by atoms with E-state index in [2.05, 4.69) is 5.32 Å². The van der Waals surface area contributed by atoms with E-state index in [0.29, 0.717) is 26.2 Å². The van der Waals surface area contributed by atoms with Crippen molar-refractivity contribution in [1.82, 2.24) is 10.2 Å². The summed E-state index contributed by atoms with van der Waals surface area (Å²) in [4.78, 5) is 26.6. The highest BCUT2D eigenvalue weighted by Crippen LogP contribution is 2.21. The van der Waals surface area contributed by atoms with Crippen molar-refractivity contribution in [3.63, 3.8) is 0 Å². The third kappa shape index (κ3) is 4.69. The second-order valence-corrected chi connectivity index (χ2v) is 5.92. The van der Waals surface area contributed by atoms with Crippen molar-refractivity contribution < 1.29 is 9.59 Å². The monoisotopic (exact) mass is 339 g/mol. The fourth-order valence-electron chi connectivity index (χ4n) is 2.87. The maximum Gasteiger partial charge on any atom is 0.254 e. The first-order valence-electron chi connectivity index (χ1n) is 7.88. The molecule has 0 spiro atoms. The molecule has 1 aromatic rings. The summed E-state index contributed by atoms with van der Waals surface area (Å²) in [5.41, 5.74) is 8.28. The fraction of sp³-hybridized carbons (Fsp3) is 0.529. The summed E-state index contributed by atoms with van der Waals surface area (Å²) in [6.45, 7) is 6.10. The van der Waals surface area contributed by atoms with Crippen molar-refractivity contribution in [2.24, 2.45) is 11.7 Å². The van der Waals surface area contributed by atoms with Crippen molar-refractivity contribution in [1.29, 1.82) is 0 Å². The number of benzene rings is 1. The van der Waals surface area contributed by atoms with E-state index >= 15 is 0 Å². The molecule has 6 heteroatoms. The van der Waals surface area contributed by atoms with E-state index in [1.54, 1.807) is 4.90 Å². The van der Waals surface area contributed by atoms with E-state index in [1.807, 2.05) is 32.0 Å². The Morgan fingerprint density at radius 1 is 1.35 bits per heavy atom. The quantitative estimate of drug-likeness (QED) is 0.875. The zero-order chi connectivity index (χ0) is 16.1. The Hall–Kier alpha value is -1.59. The summed E-state index contributed by atoms with van der Waals surface area (Å²) in [5.74, 6) is -0.101. The summed E-state index contributed by atoms with van der Waals surface area (Å²) in [5, 5.41) is 2.82. The standard InChI is InChI=1S/C17H25N3O2.ClH/c1-12-5-3-7-15(13(12)2)17(22)20-10-4-6-14(11-20)16(21)19-9-8-18;/h3,5,7,14H,4,6,8-11,18H2,1-2H3,(H,19,21);1H. The van der Waals surface area contributed by atoms with Gasteiger partial charge in [-0.05, 0) is 43.9 Å². The molecule has 0 saturated carbocycles. The molecule has 1 aliphatic rings. The predicted octanol–water partition coefficient (Wildman–Crippen LogP) is 1.65. The van der Waals surface area contributed by atoms with Crippen LogP contribution in [-0.4, -0.2) is 42.9 Å². The number of nitrogens with two attached hydrogens (primary N) is 1. The van der Waals surface area contributed by atoms with Crippen LogP contribution < -0.4 is 11.1 Å². The van der Waals surface area contributed by atoms with Gasteiger partial charge in [0.2, 0.25) is 5.91 Å². The number of piperidine rings is 1. The molecule has 1 heterocycles. The molecule has 0 aromatic heterocycles. The Bertz CT molecular complexity index is 563. The molecule has 5 nitrogen and oxygen atoms in total. The molecule has 3 N–H and O–H groups in total. The third-order valence-corrected chi connectivity index (χ3v) is 4.36. The Balaban J connectivity index is 0.00000264. The van der Waals surface area contributed by atoms with Gasteiger partial charge >= 0.3 is 0 Å². The van der Waals surface area contributed by atoms with Gasteiger partial charge in [-0.1, -0.05) is 12.1 Å². The van der Waals surface area contributed by atoms with E-state index in [-0.39, 0.29) is 30.1 Å². The van der Waals surface area contributed by atoms with Crippen LogP contribution in [-0.2, 0) is 4.79 Å². The summed E-state index contributed by atoms with van der Waals surface area (Å²) >= 11 is 0. The molecule has 0 radical (unpaired) electrons. The van der Waals surface area contributed by atoms with Crippen molar-refractivity contribution >= 4 is 24.2 Å². The zero-order valence-electron chi connectivity index (χ0n) is 13.8. The Morgan fingerprint density at radius 2 is 2.09 bits per heavy atom. The lowest BCUT2D eigenvalue weighted by Gasteiger charge is -2.32. The Morgan fingerprint density at radius 3 is 2.78 bits per heavy atom. The number of carbonyl (C=O) groups excluding carboxylic acids is 2. The predicted molar refractivity (Wildman–Crippen MR) is 93.9 cm³/mol. The van der Waals surface area contributed by atoms with Crippen LogP contribution in [0.1, 0.15) is 34.3 Å². The summed E-state index contributed by atoms with van der Waals surface area (Å²) in [7, 11) is 0. The lowest BCUT2D eigenvalue weighted by atomic mass is 9.95. The van der Waals surface area contributed by atoms with Gasteiger partial charge in [-0.3, -0.25) is 9.59 Å². The van der Waals surface area contributed by atoms with E-state index < -0.39 is 0 Å². The number of likely N-dealkylation sites (tertiary alicyclic amines) is 1. The first kappa shape index (κ1) is 19.5. The van der Waals surface area contributed by atoms with Crippen LogP contribution in [0.3, 0.4) is 0 Å². The van der Waals surface area contributed by atoms with E-state index in [1.165, 1.54) is 0 Å². The first-order chi connectivity index (χ1) is 10.5. The summed E-state index contributed by atoms with van der Waals surface area (Å²) in [6.07, 6.45) is 1.68. The summed E-state index contributed by atoms with van der Waals surface area (Å²) in [6, 6.07) is 5.78. The van der Waals surface area contributed by atoms with Gasteiger partial charge in [0.1, 0.15) is 0 Å². The molecule has 1 fully saturated rings. The molecular weight excluding hydrogens is 314 g/mol. The lowest BCUT2D eigenvalue weighted by molar-refractivity contribution is -0.126. The van der Waals surface area contributed by atoms with Gasteiger partial charge in [-0.25, -0.2) is 0 Å². The second-order valence-electron chi connectivity index (χ2n) is 5.92. The number of halogens is 1. The first-order valence-corrected chi connectivity index (χ1v) is 7.88. The number of nitrogens with zero attached hydrogens (tertiary/aromatic N) is 1. The number of amides is 2. The molecule has 1 atom stereocenters. The molecule has 1 aliphatic heterocycles. The molecule has 1 unspecified atom stereocenters. The van der Waals surface area contributed by atoms with Crippen LogP contribution in [0.15, 0.2) is 18.2 Å². The minimum atomic E-state index is -0.130. The molecule has 128 valence electrons. The Kier molecular flexibility index (Phi) is 7.52. The zero-order valence-corrected chi connectivity index (χ0v) is 14.6. The van der Waals surface area contributed by atoms with Crippen LogP contribution in [0, 0.1) is 19.8 Å². The van der Waals surface area contributed by atoms with Crippen LogP contribution in [0.25, 0.3) is 0 Å². The molecule has 2 rings (SSSR count). The van der Waals surface area contributed by atoms with Crippen LogP contribution >= 0.6 is 12.4 Å². The molecule has 0 bridgehead atoms. The van der Waals surface area contributed by atoms with E-state index in [9.17, 15) is 9.59 Å². The number of aryl methyl sites for hydroxylation is 1. The largest absolute Gasteiger partial charge is 0.355 e. The molecule has 0 aliphatic carbocycles. The van der Waals surface area contributed by atoms with Gasteiger partial charge < -0.3 is 16.0 Å². The van der Waals surface area contributed by atoms with Crippen LogP contribution in [0.4, 0.5) is 0 Å². The van der Waals surface area contributed by atoms with Gasteiger partial charge in [0, 0.05) is 31.7 Å². The summed E-state index contributed by atoms with van der Waals surface area (Å²) < 4.78 is 0. The van der Waals surface area contributed by atoms with Crippen molar-refractivity contribution in [3.05, 3.63) is 34.9 Å². The van der Waals surface area contributed by atoms with Gasteiger partial charge in [-0.2, -0.15) is 0 Å². The van der Waals surface area contributed by atoms with Crippen molar-refractivity contribution in [3.8, 4) is 0 Å². The third-order valence-electron chi connectivity index (χ3n) is 4.36. The Labute approximate surface area is 144 Å². The van der Waals surface area contributed by atoms with E-state index in [0.717, 1.165) is 29.5 Å². The normalized spacial score (nSPS) is 17.3.